The highest BCUT2D eigenvalue weighted by molar-refractivity contribution is 6.43. The molecule has 3 heterocycles. The molecule has 0 unspecified atom stereocenters. The Morgan fingerprint density at radius 1 is 0.900 bits per heavy atom. The largest absolute Gasteiger partial charge is 0.268 e. The molecule has 5 rings (SSSR count). The first kappa shape index (κ1) is 19.1. The summed E-state index contributed by atoms with van der Waals surface area (Å²) in [4.78, 5) is 32.0. The van der Waals surface area contributed by atoms with Crippen molar-refractivity contribution in [1.29, 1.82) is 0 Å². The molecule has 6 nitrogen and oxygen atoms in total. The maximum absolute atomic E-state index is 13.4. The van der Waals surface area contributed by atoms with Gasteiger partial charge in [0.05, 0.1) is 32.2 Å². The fourth-order valence-electron chi connectivity index (χ4n) is 3.60. The average molecular weight is 458 g/mol. The van der Waals surface area contributed by atoms with Crippen LogP contribution in [0.3, 0.4) is 0 Å². The van der Waals surface area contributed by atoms with E-state index in [1.165, 1.54) is 12.3 Å². The molecule has 4 aromatic rings. The lowest BCUT2D eigenvalue weighted by molar-refractivity contribution is 0.0926. The summed E-state index contributed by atoms with van der Waals surface area (Å²) in [5, 5.41) is 6.21. The van der Waals surface area contributed by atoms with Gasteiger partial charge in [-0.1, -0.05) is 46.9 Å². The van der Waals surface area contributed by atoms with Crippen LogP contribution in [0.15, 0.2) is 48.7 Å². The summed E-state index contributed by atoms with van der Waals surface area (Å²) in [6.07, 6.45) is 1.41. The Labute approximate surface area is 185 Å². The molecule has 1 aliphatic rings. The Balaban J connectivity index is 1.75. The minimum absolute atomic E-state index is 0.210. The second kappa shape index (κ2) is 6.80. The van der Waals surface area contributed by atoms with E-state index in [9.17, 15) is 9.59 Å². The third-order valence-electron chi connectivity index (χ3n) is 4.98. The fraction of sp³-hybridized carbons (Fsp3) is 0.0476. The summed E-state index contributed by atoms with van der Waals surface area (Å²) < 4.78 is 1.58. The number of carbonyl (C=O) groups excluding carboxylic acids is 2. The van der Waals surface area contributed by atoms with E-state index in [0.29, 0.717) is 32.5 Å². The molecule has 30 heavy (non-hydrogen) atoms. The number of fused-ring (bicyclic) bond motifs is 3. The van der Waals surface area contributed by atoms with Crippen LogP contribution in [0.4, 0.5) is 5.69 Å². The van der Waals surface area contributed by atoms with Gasteiger partial charge in [0.2, 0.25) is 0 Å². The van der Waals surface area contributed by atoms with E-state index >= 15 is 0 Å². The number of rotatable bonds is 2. The lowest BCUT2D eigenvalue weighted by Crippen LogP contribution is -2.29. The number of benzene rings is 2. The molecule has 0 bridgehead atoms. The highest BCUT2D eigenvalue weighted by atomic mass is 35.5. The monoisotopic (exact) mass is 456 g/mol. The SMILES string of the molecule is Cn1nc(-c2ccc(Cl)cc2)c2c3c(cnc21)C(=O)N(c1ccc(Cl)c(Cl)c1)C3=O. The van der Waals surface area contributed by atoms with Gasteiger partial charge in [-0.15, -0.1) is 0 Å². The molecule has 0 fully saturated rings. The summed E-state index contributed by atoms with van der Waals surface area (Å²) in [6, 6.07) is 11.7. The normalized spacial score (nSPS) is 13.4. The van der Waals surface area contributed by atoms with E-state index in [0.717, 1.165) is 10.5 Å². The second-order valence-corrected chi connectivity index (χ2v) is 8.02. The number of aryl methyl sites for hydroxylation is 1. The molecule has 1 aliphatic heterocycles. The van der Waals surface area contributed by atoms with Gasteiger partial charge in [0.15, 0.2) is 5.65 Å². The van der Waals surface area contributed by atoms with Crippen LogP contribution in [0.5, 0.6) is 0 Å². The average Bonchev–Trinajstić information content (AvgIpc) is 3.19. The number of carbonyl (C=O) groups is 2. The number of hydrogen-bond donors (Lipinski definition) is 0. The van der Waals surface area contributed by atoms with Crippen molar-refractivity contribution in [2.75, 3.05) is 4.90 Å². The number of imide groups is 1. The van der Waals surface area contributed by atoms with Crippen molar-refractivity contribution in [3.05, 3.63) is 74.9 Å². The number of pyridine rings is 1. The van der Waals surface area contributed by atoms with Crippen LogP contribution >= 0.6 is 34.8 Å². The van der Waals surface area contributed by atoms with Crippen LogP contribution in [0.25, 0.3) is 22.3 Å². The van der Waals surface area contributed by atoms with Crippen molar-refractivity contribution in [3.8, 4) is 11.3 Å². The minimum Gasteiger partial charge on any atom is -0.268 e. The molecule has 0 saturated carbocycles. The van der Waals surface area contributed by atoms with Crippen LogP contribution in [-0.2, 0) is 7.05 Å². The summed E-state index contributed by atoms with van der Waals surface area (Å²) in [5.41, 5.74) is 2.60. The molecular weight excluding hydrogens is 447 g/mol. The molecule has 2 aromatic heterocycles. The number of anilines is 1. The van der Waals surface area contributed by atoms with Gasteiger partial charge in [0, 0.05) is 23.8 Å². The molecule has 0 saturated heterocycles. The van der Waals surface area contributed by atoms with Crippen molar-refractivity contribution in [2.24, 2.45) is 7.05 Å². The number of hydrogen-bond acceptors (Lipinski definition) is 4. The second-order valence-electron chi connectivity index (χ2n) is 6.77. The first-order chi connectivity index (χ1) is 14.4. The van der Waals surface area contributed by atoms with E-state index in [2.05, 4.69) is 10.1 Å². The topological polar surface area (TPSA) is 68.1 Å². The standard InChI is InChI=1S/C21H11Cl3N4O2/c1-27-19-17(18(26-27)10-2-4-11(22)5-3-10)16-13(9-25-19)20(29)28(21(16)30)12-6-7-14(23)15(24)8-12/h2-9H,1H3. The Bertz CT molecular complexity index is 1380. The first-order valence-corrected chi connectivity index (χ1v) is 9.95. The van der Waals surface area contributed by atoms with E-state index in [4.69, 9.17) is 34.8 Å². The number of aromatic nitrogens is 3. The molecule has 2 aromatic carbocycles. The van der Waals surface area contributed by atoms with Gasteiger partial charge in [-0.05, 0) is 30.3 Å². The van der Waals surface area contributed by atoms with Crippen molar-refractivity contribution < 1.29 is 9.59 Å². The molecule has 0 N–H and O–H groups in total. The van der Waals surface area contributed by atoms with E-state index in [1.807, 2.05) is 12.1 Å². The lowest BCUT2D eigenvalue weighted by Gasteiger charge is -2.14. The molecule has 0 spiro atoms. The van der Waals surface area contributed by atoms with Crippen LogP contribution in [-0.4, -0.2) is 26.6 Å². The quantitative estimate of drug-likeness (QED) is 0.378. The molecule has 148 valence electrons. The summed E-state index contributed by atoms with van der Waals surface area (Å²) in [7, 11) is 1.74. The molecule has 2 amide bonds. The predicted octanol–water partition coefficient (Wildman–Crippen LogP) is 5.40. The Morgan fingerprint density at radius 3 is 2.33 bits per heavy atom. The van der Waals surface area contributed by atoms with Gasteiger partial charge in [-0.3, -0.25) is 9.59 Å². The first-order valence-electron chi connectivity index (χ1n) is 8.82. The van der Waals surface area contributed by atoms with E-state index < -0.39 is 11.8 Å². The number of halogens is 3. The van der Waals surface area contributed by atoms with Crippen molar-refractivity contribution in [2.45, 2.75) is 0 Å². The van der Waals surface area contributed by atoms with Crippen molar-refractivity contribution in [1.82, 2.24) is 14.8 Å². The van der Waals surface area contributed by atoms with Gasteiger partial charge in [0.1, 0.15) is 5.69 Å². The molecule has 0 atom stereocenters. The zero-order valence-corrected chi connectivity index (χ0v) is 17.6. The molecule has 9 heteroatoms. The van der Waals surface area contributed by atoms with Gasteiger partial charge >= 0.3 is 0 Å². The van der Waals surface area contributed by atoms with Crippen molar-refractivity contribution in [3.63, 3.8) is 0 Å². The van der Waals surface area contributed by atoms with Crippen LogP contribution < -0.4 is 4.90 Å². The maximum atomic E-state index is 13.4. The summed E-state index contributed by atoms with van der Waals surface area (Å²) >= 11 is 18.1. The predicted molar refractivity (Wildman–Crippen MR) is 117 cm³/mol. The smallest absolute Gasteiger partial charge is 0.267 e. The maximum Gasteiger partial charge on any atom is 0.267 e. The Morgan fingerprint density at radius 2 is 1.63 bits per heavy atom. The fourth-order valence-corrected chi connectivity index (χ4v) is 4.01. The summed E-state index contributed by atoms with van der Waals surface area (Å²) in [6.45, 7) is 0. The van der Waals surface area contributed by atoms with Crippen LogP contribution in [0.1, 0.15) is 20.7 Å². The van der Waals surface area contributed by atoms with Crippen molar-refractivity contribution >= 4 is 63.3 Å². The molecule has 0 radical (unpaired) electrons. The third-order valence-corrected chi connectivity index (χ3v) is 5.97. The lowest BCUT2D eigenvalue weighted by atomic mass is 10.0. The van der Waals surface area contributed by atoms with Crippen LogP contribution in [0.2, 0.25) is 15.1 Å². The highest BCUT2D eigenvalue weighted by Gasteiger charge is 2.40. The zero-order valence-electron chi connectivity index (χ0n) is 15.4. The number of nitrogens with zero attached hydrogens (tertiary/aromatic N) is 4. The third kappa shape index (κ3) is 2.72. The van der Waals surface area contributed by atoms with E-state index in [-0.39, 0.29) is 16.1 Å². The molecular formula is C21H11Cl3N4O2. The zero-order chi connectivity index (χ0) is 21.2. The Kier molecular flexibility index (Phi) is 4.32. The summed E-state index contributed by atoms with van der Waals surface area (Å²) in [5.74, 6) is -0.947. The minimum atomic E-state index is -0.478. The van der Waals surface area contributed by atoms with E-state index in [1.54, 1.807) is 36.0 Å². The molecule has 0 aliphatic carbocycles. The number of amides is 2. The van der Waals surface area contributed by atoms with Gasteiger partial charge in [0.25, 0.3) is 11.8 Å². The highest BCUT2D eigenvalue weighted by Crippen LogP contribution is 2.38. The van der Waals surface area contributed by atoms with Gasteiger partial charge < -0.3 is 0 Å². The van der Waals surface area contributed by atoms with Gasteiger partial charge in [-0.25, -0.2) is 14.6 Å². The van der Waals surface area contributed by atoms with Gasteiger partial charge in [-0.2, -0.15) is 5.10 Å². The van der Waals surface area contributed by atoms with Crippen LogP contribution in [0, 0.1) is 0 Å². The Hall–Kier alpha value is -2.93.